The molecule has 64 heavy (non-hydrogen) atoms. The van der Waals surface area contributed by atoms with Crippen molar-refractivity contribution in [1.82, 2.24) is 5.32 Å². The highest BCUT2D eigenvalue weighted by atomic mass is 16.8. The lowest BCUT2D eigenvalue weighted by Gasteiger charge is -2.48. The molecule has 3 rings (SSSR count). The molecule has 0 radical (unpaired) electrons. The summed E-state index contributed by atoms with van der Waals surface area (Å²) in [6.45, 7) is 1.60. The fraction of sp³-hybridized carbons (Fsp3) is 0.933. The molecular weight excluding hydrogens is 842 g/mol. The number of hydrogen-bond acceptors (Lipinski definition) is 18. The maximum absolute atomic E-state index is 13.1. The Bertz CT molecular complexity index is 1250. The van der Waals surface area contributed by atoms with Gasteiger partial charge in [0.1, 0.15) is 73.2 Å². The Morgan fingerprint density at radius 2 is 0.969 bits per heavy atom. The zero-order valence-electron chi connectivity index (χ0n) is 38.0. The number of hydrogen-bond donors (Lipinski definition) is 12. The van der Waals surface area contributed by atoms with E-state index in [9.17, 15) is 61.0 Å². The quantitative estimate of drug-likeness (QED) is 0.0319. The van der Waals surface area contributed by atoms with Crippen molar-refractivity contribution < 1.29 is 89.4 Å². The molecule has 0 bridgehead atoms. The van der Waals surface area contributed by atoms with Gasteiger partial charge in [0.2, 0.25) is 5.91 Å². The van der Waals surface area contributed by atoms with Crippen LogP contribution in [0, 0.1) is 0 Å². The summed E-state index contributed by atoms with van der Waals surface area (Å²) in [7, 11) is 0. The largest absolute Gasteiger partial charge is 0.394 e. The van der Waals surface area contributed by atoms with Crippen molar-refractivity contribution in [3.63, 3.8) is 0 Å². The molecule has 0 aromatic heterocycles. The molecular formula is C45H83NO18. The molecule has 3 aliphatic rings. The highest BCUT2D eigenvalue weighted by molar-refractivity contribution is 5.76. The second kappa shape index (κ2) is 31.6. The molecule has 17 unspecified atom stereocenters. The van der Waals surface area contributed by atoms with Crippen molar-refractivity contribution >= 4 is 5.91 Å². The average Bonchev–Trinajstić information content (AvgIpc) is 3.29. The lowest BCUT2D eigenvalue weighted by molar-refractivity contribution is -0.379. The number of unbranched alkanes of at least 4 members (excludes halogenated alkanes) is 16. The number of carbonyl (C=O) groups is 1. The molecule has 0 aromatic carbocycles. The van der Waals surface area contributed by atoms with Crippen LogP contribution in [0.3, 0.4) is 0 Å². The summed E-state index contributed by atoms with van der Waals surface area (Å²) < 4.78 is 34.0. The molecule has 19 nitrogen and oxygen atoms in total. The van der Waals surface area contributed by atoms with E-state index in [1.807, 2.05) is 6.08 Å². The number of aliphatic hydroxyl groups is 11. The second-order valence-corrected chi connectivity index (χ2v) is 17.6. The molecule has 0 aromatic rings. The van der Waals surface area contributed by atoms with Gasteiger partial charge in [-0.25, -0.2) is 0 Å². The highest BCUT2D eigenvalue weighted by Gasteiger charge is 2.53. The molecule has 12 N–H and O–H groups in total. The molecule has 3 heterocycles. The van der Waals surface area contributed by atoms with Gasteiger partial charge in [-0.05, 0) is 19.3 Å². The van der Waals surface area contributed by atoms with Crippen LogP contribution in [-0.2, 0) is 33.2 Å². The minimum atomic E-state index is -1.97. The van der Waals surface area contributed by atoms with Gasteiger partial charge in [0.25, 0.3) is 0 Å². The van der Waals surface area contributed by atoms with E-state index in [2.05, 4.69) is 19.2 Å². The van der Waals surface area contributed by atoms with Crippen LogP contribution >= 0.6 is 0 Å². The molecule has 19 heteroatoms. The first kappa shape index (κ1) is 56.9. The number of nitrogens with one attached hydrogen (secondary N) is 1. The Morgan fingerprint density at radius 3 is 1.47 bits per heavy atom. The van der Waals surface area contributed by atoms with Gasteiger partial charge in [0.15, 0.2) is 18.9 Å². The maximum Gasteiger partial charge on any atom is 0.220 e. The summed E-state index contributed by atoms with van der Waals surface area (Å²) in [6.07, 6.45) is -3.12. The number of amides is 1. The SMILES string of the molecule is CCCCCCCCCCCC/C=C/C(O)C(COC1OC(CO)C(OC2OC(CO)C(OC3OC(CO)C(O)C(O)C3O)C(O)C2O)C(O)C1O)NC(=O)CCCCCCCCC. The number of ether oxygens (including phenoxy) is 6. The van der Waals surface area contributed by atoms with E-state index in [0.29, 0.717) is 6.42 Å². The maximum atomic E-state index is 13.1. The molecule has 3 aliphatic heterocycles. The van der Waals surface area contributed by atoms with Gasteiger partial charge in [-0.1, -0.05) is 122 Å². The number of carbonyl (C=O) groups excluding carboxylic acids is 1. The van der Waals surface area contributed by atoms with E-state index in [-0.39, 0.29) is 18.9 Å². The molecule has 3 saturated heterocycles. The Hall–Kier alpha value is -1.47. The highest BCUT2D eigenvalue weighted by Crippen LogP contribution is 2.33. The summed E-state index contributed by atoms with van der Waals surface area (Å²) in [6, 6.07) is -0.962. The van der Waals surface area contributed by atoms with Crippen LogP contribution in [-0.4, -0.2) is 193 Å². The van der Waals surface area contributed by atoms with Crippen LogP contribution in [0.2, 0.25) is 0 Å². The van der Waals surface area contributed by atoms with Crippen LogP contribution in [0.5, 0.6) is 0 Å². The topological polar surface area (TPSA) is 307 Å². The van der Waals surface area contributed by atoms with Crippen LogP contribution in [0.25, 0.3) is 0 Å². The van der Waals surface area contributed by atoms with E-state index >= 15 is 0 Å². The first-order valence-corrected chi connectivity index (χ1v) is 23.9. The zero-order valence-corrected chi connectivity index (χ0v) is 38.0. The van der Waals surface area contributed by atoms with E-state index in [1.165, 1.54) is 51.4 Å². The van der Waals surface area contributed by atoms with Crippen molar-refractivity contribution in [3.05, 3.63) is 12.2 Å². The molecule has 0 aliphatic carbocycles. The van der Waals surface area contributed by atoms with Gasteiger partial charge in [0, 0.05) is 6.42 Å². The van der Waals surface area contributed by atoms with Gasteiger partial charge in [-0.15, -0.1) is 0 Å². The van der Waals surface area contributed by atoms with E-state index in [0.717, 1.165) is 57.8 Å². The smallest absolute Gasteiger partial charge is 0.220 e. The minimum Gasteiger partial charge on any atom is -0.394 e. The zero-order chi connectivity index (χ0) is 47.0. The number of allylic oxidation sites excluding steroid dienone is 1. The lowest BCUT2D eigenvalue weighted by Crippen LogP contribution is -2.66. The fourth-order valence-corrected chi connectivity index (χ4v) is 8.25. The molecule has 3 fully saturated rings. The molecule has 1 amide bonds. The van der Waals surface area contributed by atoms with Crippen molar-refractivity contribution in [2.45, 2.75) is 240 Å². The first-order chi connectivity index (χ1) is 30.8. The lowest BCUT2D eigenvalue weighted by atomic mass is 9.96. The predicted molar refractivity (Wildman–Crippen MR) is 231 cm³/mol. The molecule has 0 spiro atoms. The fourth-order valence-electron chi connectivity index (χ4n) is 8.25. The number of rotatable bonds is 32. The summed E-state index contributed by atoms with van der Waals surface area (Å²) in [5.41, 5.74) is 0. The van der Waals surface area contributed by atoms with Crippen molar-refractivity contribution in [2.75, 3.05) is 26.4 Å². The normalized spacial score (nSPS) is 34.5. The summed E-state index contributed by atoms with van der Waals surface area (Å²) in [5.74, 6) is -0.286. The van der Waals surface area contributed by atoms with Gasteiger partial charge in [-0.3, -0.25) is 4.79 Å². The van der Waals surface area contributed by atoms with Gasteiger partial charge in [-0.2, -0.15) is 0 Å². The number of aliphatic hydroxyl groups excluding tert-OH is 11. The van der Waals surface area contributed by atoms with Crippen LogP contribution < -0.4 is 5.32 Å². The standard InChI is InChI=1S/C45H83NO18/c1-3-5-7-9-11-12-13-14-15-17-18-20-22-29(50)28(46-33(51)23-21-19-16-10-8-6-4-2)27-59-43-39(57)36(54)41(31(25-48)61-43)64-45-40(58)37(55)42(32(26-49)62-45)63-44-38(56)35(53)34(52)30(24-47)60-44/h20,22,28-32,34-45,47-50,52-58H,3-19,21,23-27H2,1-2H3,(H,46,51)/b22-20+. The first-order valence-electron chi connectivity index (χ1n) is 23.9. The van der Waals surface area contributed by atoms with E-state index < -0.39 is 124 Å². The molecule has 17 atom stereocenters. The minimum absolute atomic E-state index is 0.244. The van der Waals surface area contributed by atoms with Crippen molar-refractivity contribution in [3.8, 4) is 0 Å². The van der Waals surface area contributed by atoms with Crippen molar-refractivity contribution in [2.24, 2.45) is 0 Å². The van der Waals surface area contributed by atoms with Crippen molar-refractivity contribution in [1.29, 1.82) is 0 Å². The summed E-state index contributed by atoms with van der Waals surface area (Å²) in [4.78, 5) is 13.1. The Kier molecular flexibility index (Phi) is 28.0. The van der Waals surface area contributed by atoms with Crippen LogP contribution in [0.1, 0.15) is 136 Å². The molecule has 0 saturated carbocycles. The third-order valence-electron chi connectivity index (χ3n) is 12.3. The van der Waals surface area contributed by atoms with Gasteiger partial charge >= 0.3 is 0 Å². The van der Waals surface area contributed by atoms with Gasteiger partial charge < -0.3 is 89.9 Å². The van der Waals surface area contributed by atoms with E-state index in [4.69, 9.17) is 28.4 Å². The Labute approximate surface area is 378 Å². The van der Waals surface area contributed by atoms with E-state index in [1.54, 1.807) is 6.08 Å². The third kappa shape index (κ3) is 18.2. The van der Waals surface area contributed by atoms with Gasteiger partial charge in [0.05, 0.1) is 38.6 Å². The molecule has 376 valence electrons. The Balaban J connectivity index is 1.59. The third-order valence-corrected chi connectivity index (χ3v) is 12.3. The van der Waals surface area contributed by atoms with Crippen LogP contribution in [0.4, 0.5) is 0 Å². The average molecular weight is 926 g/mol. The predicted octanol–water partition coefficient (Wildman–Crippen LogP) is 0.305. The monoisotopic (exact) mass is 926 g/mol. The Morgan fingerprint density at radius 1 is 0.547 bits per heavy atom. The van der Waals surface area contributed by atoms with Crippen LogP contribution in [0.15, 0.2) is 12.2 Å². The summed E-state index contributed by atoms with van der Waals surface area (Å²) >= 11 is 0. The summed E-state index contributed by atoms with van der Waals surface area (Å²) in [5, 5.41) is 119. The second-order valence-electron chi connectivity index (χ2n) is 17.6.